The molecule has 1 aromatic rings. The Labute approximate surface area is 65.1 Å². The largest absolute Gasteiger partial charge is 0.383 e. The predicted molar refractivity (Wildman–Crippen MR) is 49.7 cm³/mol. The molecule has 5 heteroatoms. The zero-order chi connectivity index (χ0) is 8.43. The van der Waals surface area contributed by atoms with Crippen LogP contribution in [0, 0.1) is 0 Å². The average Bonchev–Trinajstić information content (AvgIpc) is 1.85. The summed E-state index contributed by atoms with van der Waals surface area (Å²) in [5.74, 6) is 0.259. The van der Waals surface area contributed by atoms with Crippen molar-refractivity contribution in [1.82, 2.24) is 9.32 Å². The third kappa shape index (κ3) is 1.71. The maximum atomic E-state index is 11.0. The zero-order valence-electron chi connectivity index (χ0n) is 6.24. The molecule has 0 saturated carbocycles. The van der Waals surface area contributed by atoms with Gasteiger partial charge in [0.05, 0.1) is 0 Å². The highest BCUT2D eigenvalue weighted by molar-refractivity contribution is 7.53. The van der Waals surface area contributed by atoms with E-state index >= 15 is 0 Å². The van der Waals surface area contributed by atoms with E-state index in [0.29, 0.717) is 0 Å². The van der Waals surface area contributed by atoms with Gasteiger partial charge in [0.25, 0.3) is 0 Å². The summed E-state index contributed by atoms with van der Waals surface area (Å²) in [6.45, 7) is 1.91. The van der Waals surface area contributed by atoms with Gasteiger partial charge in [0.2, 0.25) is 0 Å². The minimum atomic E-state index is -1.02. The number of hydrogen-bond acceptors (Lipinski definition) is 3. The summed E-state index contributed by atoms with van der Waals surface area (Å²) in [6, 6.07) is 1.60. The van der Waals surface area contributed by atoms with Gasteiger partial charge in [-0.25, -0.2) is 4.79 Å². The monoisotopic (exact) mass is 171 g/mol. The highest BCUT2D eigenvalue weighted by Gasteiger charge is 1.94. The van der Waals surface area contributed by atoms with Crippen LogP contribution < -0.4 is 11.4 Å². The summed E-state index contributed by atoms with van der Waals surface area (Å²) in [7, 11) is -1.02. The number of nitrogen functional groups attached to an aromatic ring is 1. The molecule has 11 heavy (non-hydrogen) atoms. The molecule has 1 aromatic heterocycles. The fourth-order valence-electron chi connectivity index (χ4n) is 0.707. The van der Waals surface area contributed by atoms with Crippen LogP contribution >= 0.6 is 7.70 Å². The third-order valence-corrected chi connectivity index (χ3v) is 2.40. The Hall–Kier alpha value is -1.02. The van der Waals surface area contributed by atoms with Gasteiger partial charge in [0, 0.05) is 6.20 Å². The van der Waals surface area contributed by atoms with Crippen molar-refractivity contribution in [1.29, 1.82) is 0 Å². The summed E-state index contributed by atoms with van der Waals surface area (Å²) >= 11 is 0. The molecule has 0 radical (unpaired) electrons. The molecule has 0 aliphatic carbocycles. The number of anilines is 1. The van der Waals surface area contributed by atoms with Crippen molar-refractivity contribution in [2.45, 2.75) is 0 Å². The molecule has 0 amide bonds. The van der Waals surface area contributed by atoms with Gasteiger partial charge >= 0.3 is 5.69 Å². The molecule has 0 aliphatic rings. The van der Waals surface area contributed by atoms with E-state index in [1.807, 2.05) is 6.66 Å². The van der Waals surface area contributed by atoms with Gasteiger partial charge in [-0.2, -0.15) is 4.98 Å². The molecule has 4 nitrogen and oxygen atoms in total. The highest BCUT2D eigenvalue weighted by atomic mass is 31.1. The van der Waals surface area contributed by atoms with Crippen molar-refractivity contribution >= 4 is 19.8 Å². The quantitative estimate of drug-likeness (QED) is 0.598. The first-order valence-corrected chi connectivity index (χ1v) is 5.28. The maximum absolute atomic E-state index is 11.0. The number of hydrogen-bond donors (Lipinski definition) is 1. The molecule has 0 bridgehead atoms. The lowest BCUT2D eigenvalue weighted by molar-refractivity contribution is 1.02. The Kier molecular flexibility index (Phi) is 2.15. The molecule has 0 aromatic carbocycles. The van der Waals surface area contributed by atoms with E-state index in [0.717, 1.165) is 0 Å². The fraction of sp³-hybridized carbons (Fsp3) is 0.167. The van der Waals surface area contributed by atoms with Gasteiger partial charge in [-0.05, 0) is 20.4 Å². The van der Waals surface area contributed by atoms with Crippen molar-refractivity contribution in [2.75, 3.05) is 12.4 Å². The lowest BCUT2D eigenvalue weighted by Crippen LogP contribution is -2.18. The Balaban J connectivity index is 3.32. The van der Waals surface area contributed by atoms with Crippen molar-refractivity contribution in [3.8, 4) is 0 Å². The Morgan fingerprint density at radius 2 is 2.45 bits per heavy atom. The Morgan fingerprint density at radius 1 is 1.82 bits per heavy atom. The summed E-state index contributed by atoms with van der Waals surface area (Å²) in [6.07, 6.45) is 5.41. The highest BCUT2D eigenvalue weighted by Crippen LogP contribution is 2.12. The van der Waals surface area contributed by atoms with Crippen molar-refractivity contribution in [3.05, 3.63) is 22.7 Å². The van der Waals surface area contributed by atoms with E-state index in [1.165, 1.54) is 4.34 Å². The Morgan fingerprint density at radius 3 is 2.91 bits per heavy atom. The Bertz CT molecular complexity index is 344. The van der Waals surface area contributed by atoms with Crippen LogP contribution in [0.15, 0.2) is 17.1 Å². The standard InChI is InChI=1S/C6H10N3OP/c1-11(2)9-4-3-5(7)8-6(9)10/h3-4,11H,1H2,2H3,(H2,7,8,10). The molecular weight excluding hydrogens is 161 g/mol. The van der Waals surface area contributed by atoms with Gasteiger partial charge < -0.3 is 5.73 Å². The SMILES string of the molecule is C=[PH](C)n1ccc(N)nc1=O. The summed E-state index contributed by atoms with van der Waals surface area (Å²) in [5.41, 5.74) is 4.99. The van der Waals surface area contributed by atoms with E-state index < -0.39 is 7.70 Å². The first-order chi connectivity index (χ1) is 5.11. The molecular formula is C6H10N3OP. The second-order valence-corrected chi connectivity index (χ2v) is 4.19. The minimum absolute atomic E-state index is 0.259. The first-order valence-electron chi connectivity index (χ1n) is 3.12. The van der Waals surface area contributed by atoms with E-state index in [9.17, 15) is 4.79 Å². The van der Waals surface area contributed by atoms with Crippen LogP contribution in [-0.2, 0) is 0 Å². The molecule has 1 heterocycles. The minimum Gasteiger partial charge on any atom is -0.383 e. The summed E-state index contributed by atoms with van der Waals surface area (Å²) in [5, 5.41) is 0. The maximum Gasteiger partial charge on any atom is 0.352 e. The van der Waals surface area contributed by atoms with Crippen LogP contribution in [0.2, 0.25) is 0 Å². The molecule has 0 saturated heterocycles. The fourth-order valence-corrected chi connectivity index (χ4v) is 1.41. The van der Waals surface area contributed by atoms with Crippen LogP contribution in [-0.4, -0.2) is 22.3 Å². The van der Waals surface area contributed by atoms with E-state index in [4.69, 9.17) is 5.73 Å². The van der Waals surface area contributed by atoms with Crippen LogP contribution in [0.5, 0.6) is 0 Å². The van der Waals surface area contributed by atoms with Crippen molar-refractivity contribution < 1.29 is 0 Å². The number of nitrogens with zero attached hydrogens (tertiary/aromatic N) is 2. The van der Waals surface area contributed by atoms with Gasteiger partial charge in [-0.3, -0.25) is 4.34 Å². The normalized spacial score (nSPS) is 12.8. The van der Waals surface area contributed by atoms with Crippen LogP contribution in [0.1, 0.15) is 0 Å². The summed E-state index contributed by atoms with van der Waals surface area (Å²) < 4.78 is 1.51. The third-order valence-electron chi connectivity index (χ3n) is 1.24. The topological polar surface area (TPSA) is 60.9 Å². The van der Waals surface area contributed by atoms with Crippen LogP contribution in [0.25, 0.3) is 0 Å². The predicted octanol–water partition coefficient (Wildman–Crippen LogP) is -0.135. The van der Waals surface area contributed by atoms with E-state index in [2.05, 4.69) is 11.3 Å². The number of aromatic nitrogens is 2. The van der Waals surface area contributed by atoms with E-state index in [1.54, 1.807) is 12.3 Å². The molecule has 0 fully saturated rings. The van der Waals surface area contributed by atoms with Crippen LogP contribution in [0.4, 0.5) is 5.82 Å². The second-order valence-electron chi connectivity index (χ2n) is 2.24. The molecule has 1 unspecified atom stereocenters. The van der Waals surface area contributed by atoms with E-state index in [-0.39, 0.29) is 11.5 Å². The number of rotatable bonds is 1. The van der Waals surface area contributed by atoms with Crippen molar-refractivity contribution in [2.24, 2.45) is 0 Å². The van der Waals surface area contributed by atoms with Gasteiger partial charge in [0.15, 0.2) is 0 Å². The molecule has 0 spiro atoms. The molecule has 1 atom stereocenters. The smallest absolute Gasteiger partial charge is 0.352 e. The average molecular weight is 171 g/mol. The number of nitrogens with two attached hydrogens (primary N) is 1. The first kappa shape index (κ1) is 8.08. The summed E-state index contributed by atoms with van der Waals surface area (Å²) in [4.78, 5) is 14.6. The van der Waals surface area contributed by atoms with Crippen molar-refractivity contribution in [3.63, 3.8) is 0 Å². The second kappa shape index (κ2) is 2.93. The molecule has 2 N–H and O–H groups in total. The van der Waals surface area contributed by atoms with Crippen LogP contribution in [0.3, 0.4) is 0 Å². The molecule has 1 rings (SSSR count). The molecule has 60 valence electrons. The zero-order valence-corrected chi connectivity index (χ0v) is 7.24. The lowest BCUT2D eigenvalue weighted by Gasteiger charge is -2.02. The van der Waals surface area contributed by atoms with Gasteiger partial charge in [-0.15, -0.1) is 0 Å². The lowest BCUT2D eigenvalue weighted by atomic mass is 10.6. The van der Waals surface area contributed by atoms with Gasteiger partial charge in [0.1, 0.15) is 5.82 Å². The molecule has 0 aliphatic heterocycles. The van der Waals surface area contributed by atoms with Gasteiger partial charge in [-0.1, -0.05) is 6.30 Å².